The third-order valence-corrected chi connectivity index (χ3v) is 4.75. The lowest BCUT2D eigenvalue weighted by atomic mass is 10.1. The third-order valence-electron chi connectivity index (χ3n) is 3.32. The quantitative estimate of drug-likeness (QED) is 0.843. The van der Waals surface area contributed by atoms with Crippen LogP contribution in [0.15, 0.2) is 18.2 Å². The van der Waals surface area contributed by atoms with Gasteiger partial charge in [-0.1, -0.05) is 12.1 Å². The van der Waals surface area contributed by atoms with Gasteiger partial charge < -0.3 is 10.1 Å². The lowest BCUT2D eigenvalue weighted by Gasteiger charge is -2.20. The number of hydrogen-bond donors (Lipinski definition) is 1. The number of hydrogen-bond acceptors (Lipinski definition) is 2. The van der Waals surface area contributed by atoms with Crippen molar-refractivity contribution in [1.82, 2.24) is 5.32 Å². The van der Waals surface area contributed by atoms with Crippen LogP contribution in [0.5, 0.6) is 0 Å². The molecule has 0 bridgehead atoms. The second-order valence-electron chi connectivity index (χ2n) is 4.75. The van der Waals surface area contributed by atoms with Gasteiger partial charge in [-0.25, -0.2) is 0 Å². The van der Waals surface area contributed by atoms with Gasteiger partial charge in [0.25, 0.3) is 5.91 Å². The molecule has 1 heterocycles. The average molecular weight is 359 g/mol. The minimum atomic E-state index is -0.00824. The maximum absolute atomic E-state index is 12.2. The van der Waals surface area contributed by atoms with E-state index in [9.17, 15) is 4.79 Å². The Morgan fingerprint density at radius 3 is 3.00 bits per heavy atom. The van der Waals surface area contributed by atoms with Crippen molar-refractivity contribution in [3.05, 3.63) is 32.9 Å². The van der Waals surface area contributed by atoms with E-state index in [2.05, 4.69) is 27.9 Å². The summed E-state index contributed by atoms with van der Waals surface area (Å²) in [5.74, 6) is -0.00824. The highest BCUT2D eigenvalue weighted by atomic mass is 127. The molecule has 18 heavy (non-hydrogen) atoms. The maximum Gasteiger partial charge on any atom is 0.252 e. The molecule has 1 aromatic carbocycles. The van der Waals surface area contributed by atoms with Gasteiger partial charge in [-0.05, 0) is 60.9 Å². The zero-order valence-electron chi connectivity index (χ0n) is 10.7. The van der Waals surface area contributed by atoms with Crippen LogP contribution >= 0.6 is 22.6 Å². The number of halogens is 1. The van der Waals surface area contributed by atoms with Crippen molar-refractivity contribution in [2.45, 2.75) is 38.8 Å². The Morgan fingerprint density at radius 2 is 2.33 bits per heavy atom. The molecule has 1 fully saturated rings. The van der Waals surface area contributed by atoms with E-state index in [1.54, 1.807) is 0 Å². The first-order chi connectivity index (χ1) is 8.59. The second-order valence-corrected chi connectivity index (χ2v) is 5.83. The number of ether oxygens (including phenoxy) is 1. The van der Waals surface area contributed by atoms with Gasteiger partial charge >= 0.3 is 0 Å². The van der Waals surface area contributed by atoms with Gasteiger partial charge in [0.15, 0.2) is 0 Å². The van der Waals surface area contributed by atoms with E-state index in [1.165, 1.54) is 0 Å². The summed E-state index contributed by atoms with van der Waals surface area (Å²) in [6.07, 6.45) is 2.29. The van der Waals surface area contributed by atoms with Crippen LogP contribution in [-0.2, 0) is 4.74 Å². The molecule has 1 saturated heterocycles. The molecule has 2 rings (SSSR count). The van der Waals surface area contributed by atoms with Crippen LogP contribution in [0, 0.1) is 10.5 Å². The van der Waals surface area contributed by atoms with E-state index in [0.717, 1.165) is 34.1 Å². The second kappa shape index (κ2) is 6.02. The summed E-state index contributed by atoms with van der Waals surface area (Å²) < 4.78 is 6.61. The summed E-state index contributed by atoms with van der Waals surface area (Å²) in [6.45, 7) is 4.84. The molecule has 98 valence electrons. The highest BCUT2D eigenvalue weighted by Crippen LogP contribution is 2.18. The Kier molecular flexibility index (Phi) is 4.61. The fraction of sp³-hybridized carbons (Fsp3) is 0.500. The van der Waals surface area contributed by atoms with Crippen molar-refractivity contribution in [1.29, 1.82) is 0 Å². The molecule has 1 N–H and O–H groups in total. The highest BCUT2D eigenvalue weighted by molar-refractivity contribution is 14.1. The van der Waals surface area contributed by atoms with Crippen LogP contribution in [0.4, 0.5) is 0 Å². The molecule has 3 nitrogen and oxygen atoms in total. The normalized spacial score (nSPS) is 20.7. The van der Waals surface area contributed by atoms with E-state index < -0.39 is 0 Å². The Hall–Kier alpha value is -0.620. The van der Waals surface area contributed by atoms with E-state index in [4.69, 9.17) is 4.74 Å². The van der Waals surface area contributed by atoms with E-state index in [1.807, 2.05) is 32.0 Å². The van der Waals surface area contributed by atoms with Crippen LogP contribution in [-0.4, -0.2) is 24.7 Å². The van der Waals surface area contributed by atoms with Crippen LogP contribution in [0.1, 0.15) is 35.7 Å². The predicted octanol–water partition coefficient (Wildman–Crippen LogP) is 2.90. The summed E-state index contributed by atoms with van der Waals surface area (Å²) in [7, 11) is 0. The molecule has 0 saturated carbocycles. The van der Waals surface area contributed by atoms with Gasteiger partial charge in [-0.15, -0.1) is 0 Å². The van der Waals surface area contributed by atoms with Gasteiger partial charge in [-0.3, -0.25) is 4.79 Å². The van der Waals surface area contributed by atoms with E-state index in [-0.39, 0.29) is 18.1 Å². The topological polar surface area (TPSA) is 38.3 Å². The minimum absolute atomic E-state index is 0.00824. The first kappa shape index (κ1) is 13.8. The Labute approximate surface area is 121 Å². The van der Waals surface area contributed by atoms with Gasteiger partial charge in [-0.2, -0.15) is 0 Å². The SMILES string of the molecule is Cc1cccc(C(=O)N[C@H](C)[C@H]2CCCO2)c1I. The average Bonchev–Trinajstić information content (AvgIpc) is 2.86. The monoisotopic (exact) mass is 359 g/mol. The van der Waals surface area contributed by atoms with Gasteiger partial charge in [0.2, 0.25) is 0 Å². The largest absolute Gasteiger partial charge is 0.376 e. The lowest BCUT2D eigenvalue weighted by Crippen LogP contribution is -2.41. The molecule has 1 aromatic rings. The molecule has 0 spiro atoms. The van der Waals surface area contributed by atoms with Crippen molar-refractivity contribution in [3.8, 4) is 0 Å². The molecule has 1 amide bonds. The van der Waals surface area contributed by atoms with Crippen LogP contribution in [0.2, 0.25) is 0 Å². The van der Waals surface area contributed by atoms with E-state index >= 15 is 0 Å². The van der Waals surface area contributed by atoms with Crippen LogP contribution in [0.3, 0.4) is 0 Å². The van der Waals surface area contributed by atoms with Gasteiger partial charge in [0, 0.05) is 10.2 Å². The zero-order chi connectivity index (χ0) is 13.1. The molecular formula is C14H18INO2. The maximum atomic E-state index is 12.2. The molecule has 1 aliphatic heterocycles. The Balaban J connectivity index is 2.05. The standard InChI is InChI=1S/C14H18INO2/c1-9-5-3-6-11(13(9)15)14(17)16-10(2)12-7-4-8-18-12/h3,5-6,10,12H,4,7-8H2,1-2H3,(H,16,17)/t10-,12-/m1/s1. The van der Waals surface area contributed by atoms with Crippen molar-refractivity contribution in [2.24, 2.45) is 0 Å². The van der Waals surface area contributed by atoms with Gasteiger partial charge in [0.05, 0.1) is 17.7 Å². The summed E-state index contributed by atoms with van der Waals surface area (Å²) in [5, 5.41) is 3.04. The summed E-state index contributed by atoms with van der Waals surface area (Å²) in [6, 6.07) is 5.87. The van der Waals surface area contributed by atoms with E-state index in [0.29, 0.717) is 0 Å². The molecule has 0 aromatic heterocycles. The number of carbonyl (C=O) groups is 1. The van der Waals surface area contributed by atoms with Crippen LogP contribution in [0.25, 0.3) is 0 Å². The number of rotatable bonds is 3. The first-order valence-electron chi connectivity index (χ1n) is 6.27. The predicted molar refractivity (Wildman–Crippen MR) is 79.8 cm³/mol. The molecule has 0 unspecified atom stereocenters. The van der Waals surface area contributed by atoms with Crippen LogP contribution < -0.4 is 5.32 Å². The molecule has 0 aliphatic carbocycles. The van der Waals surface area contributed by atoms with Gasteiger partial charge in [0.1, 0.15) is 0 Å². The highest BCUT2D eigenvalue weighted by Gasteiger charge is 2.24. The number of aryl methyl sites for hydroxylation is 1. The molecule has 0 radical (unpaired) electrons. The van der Waals surface area contributed by atoms with Crippen molar-refractivity contribution in [2.75, 3.05) is 6.61 Å². The third kappa shape index (κ3) is 3.03. The Morgan fingerprint density at radius 1 is 1.56 bits per heavy atom. The number of nitrogens with one attached hydrogen (secondary N) is 1. The number of amides is 1. The summed E-state index contributed by atoms with van der Waals surface area (Å²) >= 11 is 2.22. The smallest absolute Gasteiger partial charge is 0.252 e. The minimum Gasteiger partial charge on any atom is -0.376 e. The number of benzene rings is 1. The molecular weight excluding hydrogens is 341 g/mol. The fourth-order valence-corrected chi connectivity index (χ4v) is 2.80. The van der Waals surface area contributed by atoms with Crippen molar-refractivity contribution >= 4 is 28.5 Å². The first-order valence-corrected chi connectivity index (χ1v) is 7.35. The van der Waals surface area contributed by atoms with Crippen molar-refractivity contribution in [3.63, 3.8) is 0 Å². The zero-order valence-corrected chi connectivity index (χ0v) is 12.9. The molecule has 1 aliphatic rings. The number of carbonyl (C=O) groups excluding carboxylic acids is 1. The lowest BCUT2D eigenvalue weighted by molar-refractivity contribution is 0.0712. The fourth-order valence-electron chi connectivity index (χ4n) is 2.20. The molecule has 4 heteroatoms. The van der Waals surface area contributed by atoms with Crippen molar-refractivity contribution < 1.29 is 9.53 Å². The summed E-state index contributed by atoms with van der Waals surface area (Å²) in [4.78, 5) is 12.2. The Bertz CT molecular complexity index is 441. The molecule has 2 atom stereocenters. The summed E-state index contributed by atoms with van der Waals surface area (Å²) in [5.41, 5.74) is 1.88.